The van der Waals surface area contributed by atoms with E-state index in [0.29, 0.717) is 23.6 Å². The van der Waals surface area contributed by atoms with E-state index in [1.807, 2.05) is 6.92 Å². The lowest BCUT2D eigenvalue weighted by molar-refractivity contribution is -0.149. The van der Waals surface area contributed by atoms with E-state index >= 15 is 0 Å². The van der Waals surface area contributed by atoms with Crippen LogP contribution in [0.3, 0.4) is 0 Å². The molecule has 0 saturated carbocycles. The lowest BCUT2D eigenvalue weighted by atomic mass is 10.2. The van der Waals surface area contributed by atoms with Gasteiger partial charge in [-0.3, -0.25) is 9.59 Å². The smallest absolute Gasteiger partial charge is 0.329 e. The molecule has 1 aromatic carbocycles. The lowest BCUT2D eigenvalue weighted by Gasteiger charge is -2.10. The van der Waals surface area contributed by atoms with Gasteiger partial charge >= 0.3 is 5.97 Å². The molecule has 0 bridgehead atoms. The van der Waals surface area contributed by atoms with Crippen LogP contribution in [0.25, 0.3) is 0 Å². The van der Waals surface area contributed by atoms with Crippen molar-refractivity contribution in [2.24, 2.45) is 0 Å². The van der Waals surface area contributed by atoms with E-state index in [0.717, 1.165) is 5.56 Å². The van der Waals surface area contributed by atoms with Crippen molar-refractivity contribution in [2.45, 2.75) is 25.8 Å². The van der Waals surface area contributed by atoms with Gasteiger partial charge in [0.2, 0.25) is 5.91 Å². The first-order valence-electron chi connectivity index (χ1n) is 6.47. The number of nitrogens with one attached hydrogen (secondary N) is 2. The molecule has 2 rings (SSSR count). The SMILES string of the molecule is Cc1ccc(NC(=O)COC(=O)[C@H]2CCC(=O)N2)cc1Cl. The molecule has 112 valence electrons. The van der Waals surface area contributed by atoms with Crippen molar-refractivity contribution in [1.82, 2.24) is 5.32 Å². The Kier molecular flexibility index (Phi) is 4.80. The fourth-order valence-corrected chi connectivity index (χ4v) is 2.08. The predicted octanol–water partition coefficient (Wildman–Crippen LogP) is 1.41. The molecule has 0 spiro atoms. The second-order valence-corrected chi connectivity index (χ2v) is 5.19. The molecule has 1 aromatic rings. The Morgan fingerprint density at radius 2 is 2.24 bits per heavy atom. The summed E-state index contributed by atoms with van der Waals surface area (Å²) in [4.78, 5) is 34.3. The van der Waals surface area contributed by atoms with Gasteiger partial charge < -0.3 is 15.4 Å². The minimum atomic E-state index is -0.654. The number of hydrogen-bond acceptors (Lipinski definition) is 4. The first-order valence-corrected chi connectivity index (χ1v) is 6.85. The molecule has 1 atom stereocenters. The number of esters is 1. The summed E-state index contributed by atoms with van der Waals surface area (Å²) in [6.45, 7) is 1.45. The number of anilines is 1. The van der Waals surface area contributed by atoms with Crippen molar-refractivity contribution < 1.29 is 19.1 Å². The van der Waals surface area contributed by atoms with Crippen molar-refractivity contribution in [2.75, 3.05) is 11.9 Å². The Bertz CT molecular complexity index is 588. The summed E-state index contributed by atoms with van der Waals surface area (Å²) in [5, 5.41) is 5.60. The molecule has 0 aliphatic carbocycles. The zero-order valence-corrected chi connectivity index (χ0v) is 12.2. The van der Waals surface area contributed by atoms with E-state index in [1.165, 1.54) is 0 Å². The summed E-state index contributed by atoms with van der Waals surface area (Å²) in [6, 6.07) is 4.45. The normalized spacial score (nSPS) is 17.2. The van der Waals surface area contributed by atoms with E-state index in [1.54, 1.807) is 18.2 Å². The second-order valence-electron chi connectivity index (χ2n) is 4.78. The molecule has 1 aliphatic rings. The number of aryl methyl sites for hydroxylation is 1. The molecule has 2 N–H and O–H groups in total. The number of carbonyl (C=O) groups is 3. The summed E-state index contributed by atoms with van der Waals surface area (Å²) in [6.07, 6.45) is 0.695. The number of rotatable bonds is 4. The molecule has 21 heavy (non-hydrogen) atoms. The number of carbonyl (C=O) groups excluding carboxylic acids is 3. The molecule has 1 heterocycles. The molecule has 1 aliphatic heterocycles. The van der Waals surface area contributed by atoms with Crippen LogP contribution >= 0.6 is 11.6 Å². The molecule has 1 saturated heterocycles. The summed E-state index contributed by atoms with van der Waals surface area (Å²) in [5.74, 6) is -1.25. The van der Waals surface area contributed by atoms with Crippen LogP contribution in [-0.2, 0) is 19.1 Å². The topological polar surface area (TPSA) is 84.5 Å². The van der Waals surface area contributed by atoms with Gasteiger partial charge in [0, 0.05) is 17.1 Å². The Labute approximate surface area is 126 Å². The third kappa shape index (κ3) is 4.19. The van der Waals surface area contributed by atoms with Gasteiger partial charge in [-0.2, -0.15) is 0 Å². The summed E-state index contributed by atoms with van der Waals surface area (Å²) >= 11 is 5.95. The molecule has 0 unspecified atom stereocenters. The van der Waals surface area contributed by atoms with Gasteiger partial charge in [-0.05, 0) is 31.0 Å². The van der Waals surface area contributed by atoms with Gasteiger partial charge in [-0.15, -0.1) is 0 Å². The molecular formula is C14H15ClN2O4. The fraction of sp³-hybridized carbons (Fsp3) is 0.357. The van der Waals surface area contributed by atoms with Crippen LogP contribution in [0.1, 0.15) is 18.4 Å². The van der Waals surface area contributed by atoms with Gasteiger partial charge in [0.1, 0.15) is 6.04 Å². The quantitative estimate of drug-likeness (QED) is 0.824. The molecule has 1 fully saturated rings. The van der Waals surface area contributed by atoms with E-state index in [4.69, 9.17) is 16.3 Å². The number of hydrogen-bond donors (Lipinski definition) is 2. The zero-order chi connectivity index (χ0) is 15.4. The minimum Gasteiger partial charge on any atom is -0.454 e. The van der Waals surface area contributed by atoms with Crippen LogP contribution < -0.4 is 10.6 Å². The number of amides is 2. The summed E-state index contributed by atoms with van der Waals surface area (Å²) < 4.78 is 4.86. The summed E-state index contributed by atoms with van der Waals surface area (Å²) in [5.41, 5.74) is 1.43. The Morgan fingerprint density at radius 3 is 2.86 bits per heavy atom. The lowest BCUT2D eigenvalue weighted by Crippen LogP contribution is -2.36. The van der Waals surface area contributed by atoms with E-state index in [2.05, 4.69) is 10.6 Å². The molecular weight excluding hydrogens is 296 g/mol. The Hall–Kier alpha value is -2.08. The highest BCUT2D eigenvalue weighted by atomic mass is 35.5. The van der Waals surface area contributed by atoms with Crippen molar-refractivity contribution in [3.05, 3.63) is 28.8 Å². The second kappa shape index (κ2) is 6.58. The Balaban J connectivity index is 1.80. The van der Waals surface area contributed by atoms with Crippen LogP contribution in [0.15, 0.2) is 18.2 Å². The fourth-order valence-electron chi connectivity index (χ4n) is 1.90. The van der Waals surface area contributed by atoms with Crippen LogP contribution in [0.5, 0.6) is 0 Å². The largest absolute Gasteiger partial charge is 0.454 e. The number of benzene rings is 1. The van der Waals surface area contributed by atoms with Crippen LogP contribution in [-0.4, -0.2) is 30.4 Å². The van der Waals surface area contributed by atoms with Gasteiger partial charge in [0.05, 0.1) is 0 Å². The summed E-state index contributed by atoms with van der Waals surface area (Å²) in [7, 11) is 0. The van der Waals surface area contributed by atoms with Gasteiger partial charge in [0.15, 0.2) is 6.61 Å². The monoisotopic (exact) mass is 310 g/mol. The first-order chi connectivity index (χ1) is 9.95. The van der Waals surface area contributed by atoms with E-state index in [9.17, 15) is 14.4 Å². The van der Waals surface area contributed by atoms with Crippen molar-refractivity contribution in [3.63, 3.8) is 0 Å². The minimum absolute atomic E-state index is 0.185. The molecule has 6 nitrogen and oxygen atoms in total. The van der Waals surface area contributed by atoms with Gasteiger partial charge in [-0.1, -0.05) is 17.7 Å². The maximum atomic E-state index is 11.7. The van der Waals surface area contributed by atoms with E-state index < -0.39 is 24.5 Å². The molecule has 0 aromatic heterocycles. The highest BCUT2D eigenvalue weighted by molar-refractivity contribution is 6.31. The highest BCUT2D eigenvalue weighted by Gasteiger charge is 2.28. The zero-order valence-electron chi connectivity index (χ0n) is 11.4. The van der Waals surface area contributed by atoms with Gasteiger partial charge in [0.25, 0.3) is 5.91 Å². The van der Waals surface area contributed by atoms with Crippen molar-refractivity contribution in [3.8, 4) is 0 Å². The third-order valence-electron chi connectivity index (χ3n) is 3.08. The number of ether oxygens (including phenoxy) is 1. The maximum absolute atomic E-state index is 11.7. The standard InChI is InChI=1S/C14H15ClN2O4/c1-8-2-3-9(6-10(8)15)16-13(19)7-21-14(20)11-4-5-12(18)17-11/h2-3,6,11H,4-5,7H2,1H3,(H,16,19)(H,17,18)/t11-/m1/s1. The molecule has 2 amide bonds. The highest BCUT2D eigenvalue weighted by Crippen LogP contribution is 2.19. The Morgan fingerprint density at radius 1 is 1.48 bits per heavy atom. The van der Waals surface area contributed by atoms with Crippen LogP contribution in [0.4, 0.5) is 5.69 Å². The average Bonchev–Trinajstić information content (AvgIpc) is 2.87. The van der Waals surface area contributed by atoms with Crippen LogP contribution in [0, 0.1) is 6.92 Å². The molecule has 7 heteroatoms. The average molecular weight is 311 g/mol. The predicted molar refractivity (Wildman–Crippen MR) is 76.9 cm³/mol. The van der Waals surface area contributed by atoms with Crippen LogP contribution in [0.2, 0.25) is 5.02 Å². The molecule has 0 radical (unpaired) electrons. The van der Waals surface area contributed by atoms with Crippen molar-refractivity contribution in [1.29, 1.82) is 0 Å². The first kappa shape index (κ1) is 15.3. The third-order valence-corrected chi connectivity index (χ3v) is 3.49. The van der Waals surface area contributed by atoms with Gasteiger partial charge in [-0.25, -0.2) is 4.79 Å². The van der Waals surface area contributed by atoms with Crippen molar-refractivity contribution >= 4 is 35.1 Å². The van der Waals surface area contributed by atoms with E-state index in [-0.39, 0.29) is 5.91 Å². The maximum Gasteiger partial charge on any atom is 0.329 e. The number of halogens is 1.